The summed E-state index contributed by atoms with van der Waals surface area (Å²) < 4.78 is 0. The maximum atomic E-state index is 13.0. The summed E-state index contributed by atoms with van der Waals surface area (Å²) in [5.41, 5.74) is 1.42. The number of nitrogens with zero attached hydrogens (tertiary/aromatic N) is 3. The second-order valence-corrected chi connectivity index (χ2v) is 9.72. The van der Waals surface area contributed by atoms with E-state index in [4.69, 9.17) is 4.98 Å². The Morgan fingerprint density at radius 2 is 1.80 bits per heavy atom. The summed E-state index contributed by atoms with van der Waals surface area (Å²) in [4.78, 5) is 26.9. The normalized spacial score (nSPS) is 15.2. The van der Waals surface area contributed by atoms with Crippen LogP contribution in [0.3, 0.4) is 0 Å². The third kappa shape index (κ3) is 3.56. The largest absolute Gasteiger partial charge is 0.337 e. The molecule has 4 nitrogen and oxygen atoms in total. The molecule has 0 saturated carbocycles. The second-order valence-electron chi connectivity index (χ2n) is 7.31. The molecular weight excluding hydrogens is 350 g/mol. The number of carbonyl (C=O) groups is 1. The van der Waals surface area contributed by atoms with Gasteiger partial charge in [-0.2, -0.15) is 0 Å². The third-order valence-corrected chi connectivity index (χ3v) is 6.91. The summed E-state index contributed by atoms with van der Waals surface area (Å²) >= 11 is 3.40. The van der Waals surface area contributed by atoms with Crippen LogP contribution in [-0.4, -0.2) is 38.1 Å². The molecule has 0 radical (unpaired) electrons. The Kier molecular flexibility index (Phi) is 5.40. The summed E-state index contributed by atoms with van der Waals surface area (Å²) in [6.45, 7) is 12.3. The molecule has 0 N–H and O–H groups in total. The maximum Gasteiger partial charge on any atom is 0.236 e. The lowest BCUT2D eigenvalue weighted by molar-refractivity contribution is -0.133. The minimum Gasteiger partial charge on any atom is -0.337 e. The number of thioether (sulfide) groups is 1. The van der Waals surface area contributed by atoms with Gasteiger partial charge in [-0.25, -0.2) is 9.97 Å². The highest BCUT2D eigenvalue weighted by molar-refractivity contribution is 8.00. The van der Waals surface area contributed by atoms with Crippen LogP contribution >= 0.6 is 23.1 Å². The molecule has 1 amide bonds. The molecular formula is C19H27N3OS2. The van der Waals surface area contributed by atoms with Gasteiger partial charge < -0.3 is 4.90 Å². The molecule has 0 unspecified atom stereocenters. The zero-order valence-electron chi connectivity index (χ0n) is 15.9. The molecule has 0 spiro atoms. The molecule has 0 aliphatic heterocycles. The van der Waals surface area contributed by atoms with Gasteiger partial charge in [-0.05, 0) is 66.4 Å². The number of thiophene rings is 1. The van der Waals surface area contributed by atoms with Crippen molar-refractivity contribution in [2.75, 3.05) is 0 Å². The van der Waals surface area contributed by atoms with Crippen LogP contribution in [0.2, 0.25) is 0 Å². The molecule has 1 aliphatic carbocycles. The first kappa shape index (κ1) is 18.6. The Hall–Kier alpha value is -1.14. The molecule has 6 heteroatoms. The Morgan fingerprint density at radius 1 is 1.12 bits per heavy atom. The summed E-state index contributed by atoms with van der Waals surface area (Å²) in [7, 11) is 0. The van der Waals surface area contributed by atoms with Crippen LogP contribution in [0.4, 0.5) is 0 Å². The zero-order valence-corrected chi connectivity index (χ0v) is 17.6. The van der Waals surface area contributed by atoms with Crippen LogP contribution in [0.1, 0.15) is 57.3 Å². The van der Waals surface area contributed by atoms with Crippen molar-refractivity contribution >= 4 is 39.2 Å². The van der Waals surface area contributed by atoms with Gasteiger partial charge in [-0.1, -0.05) is 11.8 Å². The predicted molar refractivity (Wildman–Crippen MR) is 107 cm³/mol. The van der Waals surface area contributed by atoms with E-state index in [1.54, 1.807) is 23.1 Å². The van der Waals surface area contributed by atoms with Crippen molar-refractivity contribution in [3.63, 3.8) is 0 Å². The van der Waals surface area contributed by atoms with E-state index in [0.717, 1.165) is 28.5 Å². The standard InChI is InChI=1S/C19H27N3OS2/c1-10(2)22(11(3)4)19(23)12(5)24-17-16-14-8-7-9-15(14)25-18(16)21-13(6)20-17/h10-12H,7-9H2,1-6H3/t12-/m0/s1. The zero-order chi connectivity index (χ0) is 18.3. The van der Waals surface area contributed by atoms with E-state index in [0.29, 0.717) is 0 Å². The van der Waals surface area contributed by atoms with Gasteiger partial charge in [0.25, 0.3) is 0 Å². The number of amides is 1. The maximum absolute atomic E-state index is 13.0. The average Bonchev–Trinajstić information content (AvgIpc) is 3.05. The van der Waals surface area contributed by atoms with Crippen molar-refractivity contribution in [1.82, 2.24) is 14.9 Å². The van der Waals surface area contributed by atoms with Gasteiger partial charge in [0.1, 0.15) is 15.7 Å². The third-order valence-electron chi connectivity index (χ3n) is 4.65. The van der Waals surface area contributed by atoms with Gasteiger partial charge in [0.05, 0.1) is 5.25 Å². The Bertz CT molecular complexity index is 790. The highest BCUT2D eigenvalue weighted by Crippen LogP contribution is 2.41. The van der Waals surface area contributed by atoms with Crippen molar-refractivity contribution in [1.29, 1.82) is 0 Å². The first-order valence-electron chi connectivity index (χ1n) is 9.07. The van der Waals surface area contributed by atoms with Gasteiger partial charge in [-0.3, -0.25) is 4.79 Å². The molecule has 2 aromatic rings. The predicted octanol–water partition coefficient (Wildman–Crippen LogP) is 4.61. The van der Waals surface area contributed by atoms with E-state index >= 15 is 0 Å². The molecule has 0 aromatic carbocycles. The highest BCUT2D eigenvalue weighted by Gasteiger charge is 2.28. The number of hydrogen-bond donors (Lipinski definition) is 0. The molecule has 0 saturated heterocycles. The van der Waals surface area contributed by atoms with Gasteiger partial charge in [0.15, 0.2) is 0 Å². The first-order valence-corrected chi connectivity index (χ1v) is 10.8. The summed E-state index contributed by atoms with van der Waals surface area (Å²) in [6.07, 6.45) is 3.49. The summed E-state index contributed by atoms with van der Waals surface area (Å²) in [5, 5.41) is 2.03. The minimum absolute atomic E-state index is 0.153. The topological polar surface area (TPSA) is 46.1 Å². The number of carbonyl (C=O) groups excluding carboxylic acids is 1. The van der Waals surface area contributed by atoms with Crippen LogP contribution in [0.15, 0.2) is 5.03 Å². The number of aromatic nitrogens is 2. The fourth-order valence-corrected chi connectivity index (χ4v) is 6.13. The Labute approximate surface area is 158 Å². The minimum atomic E-state index is -0.153. The molecule has 0 fully saturated rings. The smallest absolute Gasteiger partial charge is 0.236 e. The van der Waals surface area contributed by atoms with Crippen molar-refractivity contribution in [3.05, 3.63) is 16.3 Å². The molecule has 1 aliphatic rings. The summed E-state index contributed by atoms with van der Waals surface area (Å²) in [6, 6.07) is 0.404. The number of fused-ring (bicyclic) bond motifs is 3. The highest BCUT2D eigenvalue weighted by atomic mass is 32.2. The lowest BCUT2D eigenvalue weighted by Gasteiger charge is -2.32. The monoisotopic (exact) mass is 377 g/mol. The van der Waals surface area contributed by atoms with Gasteiger partial charge in [0, 0.05) is 22.3 Å². The van der Waals surface area contributed by atoms with Crippen LogP contribution < -0.4 is 0 Å². The molecule has 136 valence electrons. The molecule has 1 atom stereocenters. The Morgan fingerprint density at radius 3 is 2.44 bits per heavy atom. The average molecular weight is 378 g/mol. The number of rotatable bonds is 5. The van der Waals surface area contributed by atoms with Crippen LogP contribution in [0, 0.1) is 6.92 Å². The van der Waals surface area contributed by atoms with Crippen LogP contribution in [-0.2, 0) is 17.6 Å². The van der Waals surface area contributed by atoms with Crippen molar-refractivity contribution in [2.24, 2.45) is 0 Å². The van der Waals surface area contributed by atoms with Crippen LogP contribution in [0.5, 0.6) is 0 Å². The van der Waals surface area contributed by atoms with E-state index in [2.05, 4.69) is 32.7 Å². The molecule has 2 aromatic heterocycles. The van der Waals surface area contributed by atoms with Crippen molar-refractivity contribution < 1.29 is 4.79 Å². The second kappa shape index (κ2) is 7.23. The van der Waals surface area contributed by atoms with E-state index in [1.807, 2.05) is 18.7 Å². The lowest BCUT2D eigenvalue weighted by atomic mass is 10.2. The molecule has 25 heavy (non-hydrogen) atoms. The number of hydrogen-bond acceptors (Lipinski definition) is 5. The number of aryl methyl sites for hydroxylation is 3. The SMILES string of the molecule is Cc1nc(S[C@@H](C)C(=O)N(C(C)C)C(C)C)c2c3c(sc2n1)CCC3. The van der Waals surface area contributed by atoms with Gasteiger partial charge in [0.2, 0.25) is 5.91 Å². The van der Waals surface area contributed by atoms with Crippen LogP contribution in [0.25, 0.3) is 10.2 Å². The fraction of sp³-hybridized carbons (Fsp3) is 0.632. The van der Waals surface area contributed by atoms with E-state index in [1.165, 1.54) is 22.2 Å². The van der Waals surface area contributed by atoms with E-state index in [9.17, 15) is 4.79 Å². The fourth-order valence-electron chi connectivity index (χ4n) is 3.68. The Balaban J connectivity index is 1.93. The lowest BCUT2D eigenvalue weighted by Crippen LogP contribution is -2.45. The quantitative estimate of drug-likeness (QED) is 0.564. The van der Waals surface area contributed by atoms with E-state index in [-0.39, 0.29) is 23.2 Å². The molecule has 2 heterocycles. The molecule has 0 bridgehead atoms. The first-order chi connectivity index (χ1) is 11.8. The van der Waals surface area contributed by atoms with Crippen molar-refractivity contribution in [2.45, 2.75) is 83.2 Å². The van der Waals surface area contributed by atoms with E-state index < -0.39 is 0 Å². The summed E-state index contributed by atoms with van der Waals surface area (Å²) in [5.74, 6) is 0.977. The van der Waals surface area contributed by atoms with Crippen molar-refractivity contribution in [3.8, 4) is 0 Å². The van der Waals surface area contributed by atoms with Gasteiger partial charge in [-0.15, -0.1) is 11.3 Å². The van der Waals surface area contributed by atoms with Gasteiger partial charge >= 0.3 is 0 Å². The molecule has 3 rings (SSSR count).